The third-order valence-electron chi connectivity index (χ3n) is 6.87. The van der Waals surface area contributed by atoms with Crippen LogP contribution in [0.5, 0.6) is 0 Å². The summed E-state index contributed by atoms with van der Waals surface area (Å²) in [5.41, 5.74) is -0.995. The lowest BCUT2D eigenvalue weighted by Gasteiger charge is -2.43. The van der Waals surface area contributed by atoms with E-state index < -0.39 is 11.7 Å². The molecule has 30 heavy (non-hydrogen) atoms. The molecule has 2 atom stereocenters. The lowest BCUT2D eigenvalue weighted by atomic mass is 9.73. The molecule has 2 aliphatic heterocycles. The van der Waals surface area contributed by atoms with Gasteiger partial charge in [-0.1, -0.05) is 0 Å². The average Bonchev–Trinajstić information content (AvgIpc) is 3.44. The van der Waals surface area contributed by atoms with Crippen molar-refractivity contribution in [2.75, 3.05) is 44.8 Å². The maximum atomic E-state index is 13.4. The summed E-state index contributed by atoms with van der Waals surface area (Å²) < 4.78 is 45.7. The normalized spacial score (nSPS) is 26.4. The Hall–Kier alpha value is -2.27. The molecule has 0 aromatic heterocycles. The van der Waals surface area contributed by atoms with Crippen molar-refractivity contribution >= 4 is 11.6 Å². The summed E-state index contributed by atoms with van der Waals surface area (Å²) in [5.74, 6) is 0.863. The van der Waals surface area contributed by atoms with Gasteiger partial charge in [0.25, 0.3) is 0 Å². The molecule has 1 saturated carbocycles. The molecule has 2 heterocycles. The van der Waals surface area contributed by atoms with Crippen LogP contribution in [-0.4, -0.2) is 50.7 Å². The van der Waals surface area contributed by atoms with Gasteiger partial charge in [-0.15, -0.1) is 0 Å². The van der Waals surface area contributed by atoms with Crippen LogP contribution in [0.1, 0.15) is 36.8 Å². The third kappa shape index (κ3) is 4.00. The molecular formula is C22H26F3N3O2. The molecule has 4 rings (SSSR count). The summed E-state index contributed by atoms with van der Waals surface area (Å²) in [7, 11) is 1.64. The summed E-state index contributed by atoms with van der Waals surface area (Å²) in [4.78, 5) is 16.5. The lowest BCUT2D eigenvalue weighted by Crippen LogP contribution is -2.50. The second-order valence-corrected chi connectivity index (χ2v) is 8.95. The van der Waals surface area contributed by atoms with Crippen LogP contribution < -0.4 is 4.90 Å². The number of anilines is 1. The van der Waals surface area contributed by atoms with Gasteiger partial charge in [0.2, 0.25) is 5.91 Å². The van der Waals surface area contributed by atoms with Gasteiger partial charge in [0, 0.05) is 56.7 Å². The van der Waals surface area contributed by atoms with Gasteiger partial charge in [0.1, 0.15) is 0 Å². The number of likely N-dealkylation sites (tertiary alicyclic amines) is 1. The lowest BCUT2D eigenvalue weighted by molar-refractivity contribution is -0.138. The summed E-state index contributed by atoms with van der Waals surface area (Å²) in [5, 5.41) is 9.05. The minimum Gasteiger partial charge on any atom is -0.384 e. The first kappa shape index (κ1) is 21.0. The summed E-state index contributed by atoms with van der Waals surface area (Å²) in [6.07, 6.45) is -0.932. The highest BCUT2D eigenvalue weighted by Crippen LogP contribution is 2.46. The Morgan fingerprint density at radius 3 is 2.73 bits per heavy atom. The molecule has 1 aliphatic carbocycles. The summed E-state index contributed by atoms with van der Waals surface area (Å²) >= 11 is 0. The molecule has 2 unspecified atom stereocenters. The maximum Gasteiger partial charge on any atom is 0.417 e. The molecule has 3 aliphatic rings. The second-order valence-electron chi connectivity index (χ2n) is 8.95. The van der Waals surface area contributed by atoms with Gasteiger partial charge in [-0.05, 0) is 43.4 Å². The zero-order chi connectivity index (χ0) is 21.5. The van der Waals surface area contributed by atoms with E-state index in [1.165, 1.54) is 6.07 Å². The second kappa shape index (κ2) is 7.77. The Morgan fingerprint density at radius 1 is 1.33 bits per heavy atom. The first-order valence-electron chi connectivity index (χ1n) is 10.4. The molecule has 1 aromatic carbocycles. The van der Waals surface area contributed by atoms with Crippen molar-refractivity contribution in [2.24, 2.45) is 17.3 Å². The average molecular weight is 421 g/mol. The largest absolute Gasteiger partial charge is 0.417 e. The third-order valence-corrected chi connectivity index (χ3v) is 6.87. The van der Waals surface area contributed by atoms with Gasteiger partial charge in [-0.3, -0.25) is 4.79 Å². The number of ether oxygens (including phenoxy) is 1. The number of carbonyl (C=O) groups excluding carboxylic acids is 1. The van der Waals surface area contributed by atoms with Gasteiger partial charge in [0.05, 0.1) is 23.8 Å². The number of hydrogen-bond donors (Lipinski definition) is 0. The maximum absolute atomic E-state index is 13.4. The SMILES string of the molecule is COCC12CCN(C(=O)CC3CC3)CC1CN(c1ccc(C#N)c(C(F)(F)F)c1)C2. The molecule has 0 N–H and O–H groups in total. The Morgan fingerprint density at radius 2 is 2.10 bits per heavy atom. The van der Waals surface area contributed by atoms with E-state index in [0.29, 0.717) is 50.8 Å². The molecule has 162 valence electrons. The number of benzene rings is 1. The minimum atomic E-state index is -4.58. The van der Waals surface area contributed by atoms with Crippen LogP contribution >= 0.6 is 0 Å². The fraction of sp³-hybridized carbons (Fsp3) is 0.636. The van der Waals surface area contributed by atoms with E-state index in [2.05, 4.69) is 0 Å². The van der Waals surface area contributed by atoms with Crippen molar-refractivity contribution in [2.45, 2.75) is 31.9 Å². The topological polar surface area (TPSA) is 56.6 Å². The highest BCUT2D eigenvalue weighted by Gasteiger charge is 2.50. The number of carbonyl (C=O) groups is 1. The van der Waals surface area contributed by atoms with Crippen LogP contribution in [0.25, 0.3) is 0 Å². The van der Waals surface area contributed by atoms with Crippen LogP contribution in [0.4, 0.5) is 18.9 Å². The van der Waals surface area contributed by atoms with Gasteiger partial charge in [-0.2, -0.15) is 18.4 Å². The quantitative estimate of drug-likeness (QED) is 0.728. The van der Waals surface area contributed by atoms with Crippen molar-refractivity contribution < 1.29 is 22.7 Å². The highest BCUT2D eigenvalue weighted by atomic mass is 19.4. The highest BCUT2D eigenvalue weighted by molar-refractivity contribution is 5.77. The zero-order valence-corrected chi connectivity index (χ0v) is 17.0. The number of alkyl halides is 3. The van der Waals surface area contributed by atoms with Crippen molar-refractivity contribution in [3.8, 4) is 6.07 Å². The molecule has 8 heteroatoms. The first-order valence-corrected chi connectivity index (χ1v) is 10.4. The van der Waals surface area contributed by atoms with Gasteiger partial charge in [0.15, 0.2) is 0 Å². The number of piperidine rings is 1. The number of hydrogen-bond acceptors (Lipinski definition) is 4. The molecule has 1 aromatic rings. The standard InChI is InChI=1S/C22H26F3N3O2/c1-30-14-21-6-7-27(20(29)8-15-2-3-15)11-17(21)12-28(13-21)18-5-4-16(10-26)19(9-18)22(23,24)25/h4-5,9,15,17H,2-3,6-8,11-14H2,1H3. The van der Waals surface area contributed by atoms with Crippen molar-refractivity contribution in [1.82, 2.24) is 4.90 Å². The molecule has 5 nitrogen and oxygen atoms in total. The van der Waals surface area contributed by atoms with Crippen molar-refractivity contribution in [1.29, 1.82) is 5.26 Å². The van der Waals surface area contributed by atoms with Crippen LogP contribution in [0.3, 0.4) is 0 Å². The zero-order valence-electron chi connectivity index (χ0n) is 17.0. The Bertz CT molecular complexity index is 862. The predicted molar refractivity (Wildman–Crippen MR) is 105 cm³/mol. The molecule has 0 bridgehead atoms. The number of methoxy groups -OCH3 is 1. The van der Waals surface area contributed by atoms with Gasteiger partial charge in [-0.25, -0.2) is 0 Å². The molecule has 0 radical (unpaired) electrons. The number of rotatable bonds is 5. The smallest absolute Gasteiger partial charge is 0.384 e. The van der Waals surface area contributed by atoms with E-state index in [4.69, 9.17) is 10.00 Å². The van der Waals surface area contributed by atoms with E-state index in [9.17, 15) is 18.0 Å². The molecular weight excluding hydrogens is 395 g/mol. The van der Waals surface area contributed by atoms with E-state index in [1.807, 2.05) is 9.80 Å². The number of nitriles is 1. The molecule has 0 spiro atoms. The number of halogens is 3. The summed E-state index contributed by atoms with van der Waals surface area (Å²) in [6, 6.07) is 5.54. The monoisotopic (exact) mass is 421 g/mol. The predicted octanol–water partition coefficient (Wildman–Crippen LogP) is 3.68. The number of amides is 1. The molecule has 2 saturated heterocycles. The number of fused-ring (bicyclic) bond motifs is 1. The van der Waals surface area contributed by atoms with Crippen LogP contribution in [0.15, 0.2) is 18.2 Å². The van der Waals surface area contributed by atoms with E-state index in [0.717, 1.165) is 25.3 Å². The van der Waals surface area contributed by atoms with E-state index in [-0.39, 0.29) is 22.8 Å². The Labute approximate surface area is 174 Å². The number of nitrogens with zero attached hydrogens (tertiary/aromatic N) is 3. The fourth-order valence-electron chi connectivity index (χ4n) is 4.99. The summed E-state index contributed by atoms with van der Waals surface area (Å²) in [6.45, 7) is 2.95. The van der Waals surface area contributed by atoms with E-state index in [1.54, 1.807) is 19.2 Å². The van der Waals surface area contributed by atoms with Gasteiger partial charge < -0.3 is 14.5 Å². The Kier molecular flexibility index (Phi) is 5.43. The minimum absolute atomic E-state index is 0.138. The van der Waals surface area contributed by atoms with Crippen molar-refractivity contribution in [3.63, 3.8) is 0 Å². The molecule has 3 fully saturated rings. The van der Waals surface area contributed by atoms with Gasteiger partial charge >= 0.3 is 6.18 Å². The van der Waals surface area contributed by atoms with Crippen molar-refractivity contribution in [3.05, 3.63) is 29.3 Å². The Balaban J connectivity index is 1.56. The first-order chi connectivity index (χ1) is 14.3. The van der Waals surface area contributed by atoms with Crippen LogP contribution in [0, 0.1) is 28.6 Å². The van der Waals surface area contributed by atoms with Crippen LogP contribution in [-0.2, 0) is 15.7 Å². The molecule has 1 amide bonds. The fourth-order valence-corrected chi connectivity index (χ4v) is 4.99. The van der Waals surface area contributed by atoms with E-state index >= 15 is 0 Å². The van der Waals surface area contributed by atoms with Crippen LogP contribution in [0.2, 0.25) is 0 Å².